The summed E-state index contributed by atoms with van der Waals surface area (Å²) in [7, 11) is 0. The molecule has 0 heterocycles. The molecule has 25 valence electrons. The zero-order chi connectivity index (χ0) is 8.41. The molecule has 0 atom stereocenters. The van der Waals surface area contributed by atoms with Gasteiger partial charge in [0.1, 0.15) is 0 Å². The van der Waals surface area contributed by atoms with Crippen LogP contribution in [0, 0.1) is 6.42 Å². The highest BCUT2D eigenvalue weighted by Crippen LogP contribution is 1.74. The number of rotatable bonds is 1. The van der Waals surface area contributed by atoms with Crippen molar-refractivity contribution in [3.63, 3.8) is 0 Å². The van der Waals surface area contributed by atoms with Gasteiger partial charge in [-0.15, -0.1) is 0 Å². The first-order valence-corrected chi connectivity index (χ1v) is 1.05. The Morgan fingerprint density at radius 3 is 3.50 bits per heavy atom. The van der Waals surface area contributed by atoms with Gasteiger partial charge in [-0.2, -0.15) is 0 Å². The van der Waals surface area contributed by atoms with Gasteiger partial charge in [-0.1, -0.05) is 20.1 Å². The van der Waals surface area contributed by atoms with Crippen molar-refractivity contribution in [3.8, 4) is 0 Å². The summed E-state index contributed by atoms with van der Waals surface area (Å²) in [6, 6.07) is 0. The Balaban J connectivity index is 3.56. The SMILES string of the molecule is [2H]C([2H])([2H])[CH]CC([2H])([2H])[2H]. The normalized spacial score (nSPS) is 36.0. The second kappa shape index (κ2) is 3.00. The van der Waals surface area contributed by atoms with Gasteiger partial charge >= 0.3 is 0 Å². The van der Waals surface area contributed by atoms with E-state index in [0.717, 1.165) is 6.42 Å². The summed E-state index contributed by atoms with van der Waals surface area (Å²) in [4.78, 5) is 0. The lowest BCUT2D eigenvalue weighted by Gasteiger charge is -1.67. The molecule has 0 spiro atoms. The molecule has 0 rings (SSSR count). The van der Waals surface area contributed by atoms with E-state index in [9.17, 15) is 0 Å². The molecule has 0 N–H and O–H groups in total. The maximum atomic E-state index is 6.66. The Kier molecular flexibility index (Phi) is 0.333. The molecule has 0 unspecified atom stereocenters. The predicted molar refractivity (Wildman–Crippen MR) is 20.3 cm³/mol. The molecule has 0 saturated carbocycles. The van der Waals surface area contributed by atoms with Gasteiger partial charge in [-0.05, 0) is 6.42 Å². The molecule has 0 nitrogen and oxygen atoms in total. The van der Waals surface area contributed by atoms with E-state index in [2.05, 4.69) is 0 Å². The van der Waals surface area contributed by atoms with Crippen LogP contribution in [0.1, 0.15) is 28.3 Å². The zero-order valence-electron chi connectivity index (χ0n) is 8.28. The lowest BCUT2D eigenvalue weighted by atomic mass is 10.4. The molecule has 0 heteroatoms. The maximum absolute atomic E-state index is 6.66. The molecule has 0 aliphatic rings. The summed E-state index contributed by atoms with van der Waals surface area (Å²) in [6.45, 7) is -4.39. The van der Waals surface area contributed by atoms with Gasteiger partial charge in [-0.3, -0.25) is 0 Å². The van der Waals surface area contributed by atoms with Gasteiger partial charge < -0.3 is 0 Å². The third kappa shape index (κ3) is 2.00. The van der Waals surface area contributed by atoms with Crippen molar-refractivity contribution in [2.24, 2.45) is 0 Å². The molecule has 0 bridgehead atoms. The first-order valence-electron chi connectivity index (χ1n) is 4.05. The average molecular weight is 63.2 g/mol. The fraction of sp³-hybridized carbons (Fsp3) is 0.750. The quantitative estimate of drug-likeness (QED) is 0.434. The summed E-state index contributed by atoms with van der Waals surface area (Å²) >= 11 is 0. The maximum Gasteiger partial charge on any atom is 0.0233 e. The average Bonchev–Trinajstić information content (AvgIpc) is 1.57. The van der Waals surface area contributed by atoms with Crippen LogP contribution in [-0.4, -0.2) is 0 Å². The van der Waals surface area contributed by atoms with E-state index in [1.54, 1.807) is 0 Å². The van der Waals surface area contributed by atoms with Gasteiger partial charge in [0, 0.05) is 8.22 Å². The van der Waals surface area contributed by atoms with Crippen LogP contribution in [0.2, 0.25) is 0 Å². The van der Waals surface area contributed by atoms with Crippen molar-refractivity contribution in [1.82, 2.24) is 0 Å². The predicted octanol–water partition coefficient (Wildman–Crippen LogP) is 1.62. The highest BCUT2D eigenvalue weighted by molar-refractivity contribution is 4.45. The Morgan fingerprint density at radius 2 is 3.25 bits per heavy atom. The number of hydrogen-bond acceptors (Lipinski definition) is 0. The standard InChI is InChI=1S/C4H9/c1-3-4-2/h3H,4H2,1-2H3/i1D3,2D3. The summed E-state index contributed by atoms with van der Waals surface area (Å²) < 4.78 is 39.9. The number of hydrogen-bond donors (Lipinski definition) is 0. The van der Waals surface area contributed by atoms with Crippen molar-refractivity contribution >= 4 is 0 Å². The summed E-state index contributed by atoms with van der Waals surface area (Å²) in [5, 5.41) is 0. The lowest BCUT2D eigenvalue weighted by molar-refractivity contribution is 1.10. The summed E-state index contributed by atoms with van der Waals surface area (Å²) in [5.74, 6) is 0. The van der Waals surface area contributed by atoms with E-state index < -0.39 is 13.7 Å². The molecule has 0 amide bonds. The molecule has 0 aliphatic carbocycles. The Morgan fingerprint density at radius 1 is 2.25 bits per heavy atom. The van der Waals surface area contributed by atoms with E-state index in [1.165, 1.54) is 0 Å². The molecule has 0 fully saturated rings. The highest BCUT2D eigenvalue weighted by atomic mass is 13.6. The van der Waals surface area contributed by atoms with Gasteiger partial charge in [0.2, 0.25) is 0 Å². The van der Waals surface area contributed by atoms with Crippen LogP contribution >= 0.6 is 0 Å². The van der Waals surface area contributed by atoms with E-state index in [-0.39, 0.29) is 6.42 Å². The van der Waals surface area contributed by atoms with Gasteiger partial charge in [0.15, 0.2) is 0 Å². The second-order valence-electron chi connectivity index (χ2n) is 0.408. The first kappa shape index (κ1) is 0.444. The van der Waals surface area contributed by atoms with Crippen LogP contribution in [-0.2, 0) is 0 Å². The summed E-state index contributed by atoms with van der Waals surface area (Å²) in [5.41, 5.74) is 0. The van der Waals surface area contributed by atoms with Crippen LogP contribution in [0.15, 0.2) is 0 Å². The van der Waals surface area contributed by atoms with Gasteiger partial charge in [0.05, 0.1) is 0 Å². The molecule has 0 aromatic carbocycles. The van der Waals surface area contributed by atoms with Crippen LogP contribution < -0.4 is 0 Å². The van der Waals surface area contributed by atoms with Crippen LogP contribution in [0.5, 0.6) is 0 Å². The van der Waals surface area contributed by atoms with Crippen molar-refractivity contribution in [3.05, 3.63) is 6.42 Å². The largest absolute Gasteiger partial charge is 0.0651 e. The molecule has 0 aromatic rings. The monoisotopic (exact) mass is 63.1 g/mol. The zero-order valence-corrected chi connectivity index (χ0v) is 2.28. The van der Waals surface area contributed by atoms with Crippen LogP contribution in [0.25, 0.3) is 0 Å². The van der Waals surface area contributed by atoms with Crippen LogP contribution in [0.3, 0.4) is 0 Å². The van der Waals surface area contributed by atoms with E-state index in [4.69, 9.17) is 8.22 Å². The smallest absolute Gasteiger partial charge is 0.0233 e. The van der Waals surface area contributed by atoms with E-state index >= 15 is 0 Å². The Bertz CT molecular complexity index is 83.3. The molecule has 0 aromatic heterocycles. The van der Waals surface area contributed by atoms with Gasteiger partial charge in [0.25, 0.3) is 0 Å². The molecular weight excluding hydrogens is 48.0 g/mol. The highest BCUT2D eigenvalue weighted by Gasteiger charge is 1.57. The minimum atomic E-state index is -2.23. The molecule has 1 radical (unpaired) electrons. The van der Waals surface area contributed by atoms with Crippen molar-refractivity contribution in [2.45, 2.75) is 20.1 Å². The molecule has 0 saturated heterocycles. The van der Waals surface area contributed by atoms with Gasteiger partial charge in [-0.25, -0.2) is 0 Å². The molecule has 0 aliphatic heterocycles. The van der Waals surface area contributed by atoms with Crippen LogP contribution in [0.4, 0.5) is 0 Å². The molecule has 4 heavy (non-hydrogen) atoms. The summed E-state index contributed by atoms with van der Waals surface area (Å²) in [6.07, 6.45) is 0.476. The Labute approximate surface area is 36.3 Å². The van der Waals surface area contributed by atoms with Crippen molar-refractivity contribution in [1.29, 1.82) is 0 Å². The van der Waals surface area contributed by atoms with E-state index in [1.807, 2.05) is 0 Å². The topological polar surface area (TPSA) is 0 Å². The minimum Gasteiger partial charge on any atom is -0.0651 e. The Hall–Kier alpha value is 0. The lowest BCUT2D eigenvalue weighted by Crippen LogP contribution is -1.50. The third-order valence-corrected chi connectivity index (χ3v) is 0.102. The van der Waals surface area contributed by atoms with Crippen molar-refractivity contribution in [2.75, 3.05) is 0 Å². The van der Waals surface area contributed by atoms with E-state index in [0.29, 0.717) is 0 Å². The minimum absolute atomic E-state index is 0.358. The molecular formula is C4H9. The second-order valence-corrected chi connectivity index (χ2v) is 0.408. The first-order chi connectivity index (χ1) is 4.21. The fourth-order valence-electron chi connectivity index (χ4n) is 0. The third-order valence-electron chi connectivity index (χ3n) is 0.102. The fourth-order valence-corrected chi connectivity index (χ4v) is 0. The van der Waals surface area contributed by atoms with Crippen molar-refractivity contribution < 1.29 is 8.22 Å².